The van der Waals surface area contributed by atoms with Gasteiger partial charge in [0.15, 0.2) is 0 Å². The van der Waals surface area contributed by atoms with Gasteiger partial charge in [-0.3, -0.25) is 4.98 Å². The Bertz CT molecular complexity index is 723. The summed E-state index contributed by atoms with van der Waals surface area (Å²) in [6.45, 7) is 1.33. The molecule has 0 aliphatic heterocycles. The van der Waals surface area contributed by atoms with Crippen LogP contribution < -0.4 is 10.1 Å². The van der Waals surface area contributed by atoms with Crippen molar-refractivity contribution < 1.29 is 4.74 Å². The Kier molecular flexibility index (Phi) is 4.36. The van der Waals surface area contributed by atoms with Gasteiger partial charge in [0.1, 0.15) is 17.9 Å². The van der Waals surface area contributed by atoms with Crippen LogP contribution >= 0.6 is 15.9 Å². The van der Waals surface area contributed by atoms with Crippen LogP contribution in [-0.2, 0) is 0 Å². The molecule has 0 fully saturated rings. The number of aromatic nitrogens is 1. The number of ether oxygens (including phenoxy) is 1. The van der Waals surface area contributed by atoms with E-state index in [4.69, 9.17) is 4.74 Å². The predicted octanol–water partition coefficient (Wildman–Crippen LogP) is 4.49. The minimum atomic E-state index is 0.589. The van der Waals surface area contributed by atoms with Crippen LogP contribution in [0.1, 0.15) is 0 Å². The lowest BCUT2D eigenvalue weighted by Gasteiger charge is -2.10. The quantitative estimate of drug-likeness (QED) is 0.693. The minimum Gasteiger partial charge on any atom is -0.489 e. The van der Waals surface area contributed by atoms with E-state index in [1.165, 1.54) is 0 Å². The summed E-state index contributed by atoms with van der Waals surface area (Å²) in [5.41, 5.74) is 1.99. The average Bonchev–Trinajstić information content (AvgIpc) is 2.53. The maximum Gasteiger partial charge on any atom is 0.145 e. The van der Waals surface area contributed by atoms with Crippen molar-refractivity contribution in [2.75, 3.05) is 18.5 Å². The molecular weight excluding hydrogens is 328 g/mol. The molecule has 3 nitrogen and oxygen atoms in total. The summed E-state index contributed by atoms with van der Waals surface area (Å²) in [6.07, 6.45) is 1.79. The molecule has 2 aromatic carbocycles. The summed E-state index contributed by atoms with van der Waals surface area (Å²) in [5, 5.41) is 4.42. The standard InChI is InChI=1S/C17H15BrN2O/c18-14-6-8-15(9-7-14)19-11-12-21-16-5-1-3-13-4-2-10-20-17(13)16/h1-10,19H,11-12H2. The summed E-state index contributed by atoms with van der Waals surface area (Å²) >= 11 is 3.42. The third kappa shape index (κ3) is 3.52. The first-order valence-corrected chi connectivity index (χ1v) is 7.58. The molecule has 3 rings (SSSR count). The molecule has 0 unspecified atom stereocenters. The van der Waals surface area contributed by atoms with Crippen molar-refractivity contribution in [1.29, 1.82) is 0 Å². The third-order valence-electron chi connectivity index (χ3n) is 3.13. The number of nitrogens with zero attached hydrogens (tertiary/aromatic N) is 1. The third-order valence-corrected chi connectivity index (χ3v) is 3.66. The van der Waals surface area contributed by atoms with Gasteiger partial charge in [0.05, 0.1) is 0 Å². The number of hydrogen-bond acceptors (Lipinski definition) is 3. The number of rotatable bonds is 5. The van der Waals surface area contributed by atoms with Crippen LogP contribution in [0.3, 0.4) is 0 Å². The van der Waals surface area contributed by atoms with Gasteiger partial charge in [-0.05, 0) is 36.4 Å². The summed E-state index contributed by atoms with van der Waals surface area (Å²) in [5.74, 6) is 0.825. The second-order valence-electron chi connectivity index (χ2n) is 4.61. The van der Waals surface area contributed by atoms with Gasteiger partial charge in [0.25, 0.3) is 0 Å². The highest BCUT2D eigenvalue weighted by molar-refractivity contribution is 9.10. The molecule has 0 spiro atoms. The largest absolute Gasteiger partial charge is 0.489 e. The van der Waals surface area contributed by atoms with E-state index in [0.29, 0.717) is 6.61 Å². The van der Waals surface area contributed by atoms with E-state index < -0.39 is 0 Å². The lowest BCUT2D eigenvalue weighted by Crippen LogP contribution is -2.11. The molecule has 4 heteroatoms. The Morgan fingerprint density at radius 1 is 1.00 bits per heavy atom. The van der Waals surface area contributed by atoms with Crippen LogP contribution in [0.4, 0.5) is 5.69 Å². The number of fused-ring (bicyclic) bond motifs is 1. The fourth-order valence-corrected chi connectivity index (χ4v) is 2.38. The molecule has 0 aliphatic carbocycles. The second-order valence-corrected chi connectivity index (χ2v) is 5.53. The fraction of sp³-hybridized carbons (Fsp3) is 0.118. The molecule has 1 heterocycles. The number of para-hydroxylation sites is 1. The smallest absolute Gasteiger partial charge is 0.145 e. The molecule has 0 amide bonds. The molecule has 0 saturated carbocycles. The van der Waals surface area contributed by atoms with Crippen molar-refractivity contribution in [1.82, 2.24) is 4.98 Å². The zero-order chi connectivity index (χ0) is 14.5. The number of halogens is 1. The van der Waals surface area contributed by atoms with Gasteiger partial charge in [-0.2, -0.15) is 0 Å². The van der Waals surface area contributed by atoms with Crippen LogP contribution in [0.5, 0.6) is 5.75 Å². The molecule has 3 aromatic rings. The van der Waals surface area contributed by atoms with E-state index >= 15 is 0 Å². The van der Waals surface area contributed by atoms with Gasteiger partial charge in [-0.1, -0.05) is 34.1 Å². The van der Waals surface area contributed by atoms with Crippen molar-refractivity contribution in [3.8, 4) is 5.75 Å². The van der Waals surface area contributed by atoms with Gasteiger partial charge in [0, 0.05) is 28.3 Å². The highest BCUT2D eigenvalue weighted by Crippen LogP contribution is 2.22. The minimum absolute atomic E-state index is 0.589. The van der Waals surface area contributed by atoms with Crippen molar-refractivity contribution in [2.45, 2.75) is 0 Å². The summed E-state index contributed by atoms with van der Waals surface area (Å²) in [7, 11) is 0. The zero-order valence-electron chi connectivity index (χ0n) is 11.4. The van der Waals surface area contributed by atoms with Crippen LogP contribution in [0, 0.1) is 0 Å². The van der Waals surface area contributed by atoms with Gasteiger partial charge in [-0.15, -0.1) is 0 Å². The normalized spacial score (nSPS) is 10.5. The second kappa shape index (κ2) is 6.59. The molecule has 0 bridgehead atoms. The van der Waals surface area contributed by atoms with Crippen molar-refractivity contribution in [2.24, 2.45) is 0 Å². The molecule has 21 heavy (non-hydrogen) atoms. The van der Waals surface area contributed by atoms with Crippen LogP contribution in [0.15, 0.2) is 65.3 Å². The first-order valence-electron chi connectivity index (χ1n) is 6.79. The van der Waals surface area contributed by atoms with Gasteiger partial charge < -0.3 is 10.1 Å². The van der Waals surface area contributed by atoms with Gasteiger partial charge >= 0.3 is 0 Å². The lowest BCUT2D eigenvalue weighted by molar-refractivity contribution is 0.336. The number of nitrogens with one attached hydrogen (secondary N) is 1. The Balaban J connectivity index is 1.58. The maximum absolute atomic E-state index is 5.83. The monoisotopic (exact) mass is 342 g/mol. The topological polar surface area (TPSA) is 34.1 Å². The molecule has 0 saturated heterocycles. The van der Waals surface area contributed by atoms with E-state index in [0.717, 1.165) is 33.4 Å². The van der Waals surface area contributed by atoms with E-state index in [2.05, 4.69) is 26.2 Å². The van der Waals surface area contributed by atoms with Crippen molar-refractivity contribution in [3.05, 3.63) is 65.3 Å². The molecule has 0 radical (unpaired) electrons. The Labute approximate surface area is 132 Å². The molecule has 0 aliphatic rings. The van der Waals surface area contributed by atoms with Crippen molar-refractivity contribution >= 4 is 32.5 Å². The average molecular weight is 343 g/mol. The van der Waals surface area contributed by atoms with Crippen molar-refractivity contribution in [3.63, 3.8) is 0 Å². The molecular formula is C17H15BrN2O. The van der Waals surface area contributed by atoms with Gasteiger partial charge in [0.2, 0.25) is 0 Å². The lowest BCUT2D eigenvalue weighted by atomic mass is 10.2. The predicted molar refractivity (Wildman–Crippen MR) is 89.9 cm³/mol. The Morgan fingerprint density at radius 3 is 2.67 bits per heavy atom. The number of anilines is 1. The van der Waals surface area contributed by atoms with E-state index in [-0.39, 0.29) is 0 Å². The Hall–Kier alpha value is -2.07. The highest BCUT2D eigenvalue weighted by atomic mass is 79.9. The molecule has 106 valence electrons. The molecule has 1 aromatic heterocycles. The summed E-state index contributed by atoms with van der Waals surface area (Å²) in [4.78, 5) is 4.38. The van der Waals surface area contributed by atoms with Crippen LogP contribution in [0.2, 0.25) is 0 Å². The van der Waals surface area contributed by atoms with E-state index in [1.54, 1.807) is 6.20 Å². The maximum atomic E-state index is 5.83. The molecule has 0 atom stereocenters. The first kappa shape index (κ1) is 13.9. The number of pyridine rings is 1. The number of benzene rings is 2. The Morgan fingerprint density at radius 2 is 1.81 bits per heavy atom. The zero-order valence-corrected chi connectivity index (χ0v) is 13.0. The SMILES string of the molecule is Brc1ccc(NCCOc2cccc3cccnc23)cc1. The van der Waals surface area contributed by atoms with Crippen LogP contribution in [0.25, 0.3) is 10.9 Å². The van der Waals surface area contributed by atoms with E-state index in [1.807, 2.05) is 54.6 Å². The van der Waals surface area contributed by atoms with Gasteiger partial charge in [-0.25, -0.2) is 0 Å². The number of hydrogen-bond donors (Lipinski definition) is 1. The summed E-state index contributed by atoms with van der Waals surface area (Å²) in [6, 6.07) is 18.0. The fourth-order valence-electron chi connectivity index (χ4n) is 2.12. The van der Waals surface area contributed by atoms with E-state index in [9.17, 15) is 0 Å². The molecule has 1 N–H and O–H groups in total. The first-order chi connectivity index (χ1) is 10.3. The highest BCUT2D eigenvalue weighted by Gasteiger charge is 2.02. The summed E-state index contributed by atoms with van der Waals surface area (Å²) < 4.78 is 6.91. The van der Waals surface area contributed by atoms with Crippen LogP contribution in [-0.4, -0.2) is 18.1 Å².